The molecule has 0 spiro atoms. The van der Waals surface area contributed by atoms with Crippen molar-refractivity contribution in [1.29, 1.82) is 0 Å². The number of rotatable bonds is 1. The number of nitrogens with zero attached hydrogens (tertiary/aromatic N) is 1. The van der Waals surface area contributed by atoms with Gasteiger partial charge in [0, 0.05) is 23.8 Å². The van der Waals surface area contributed by atoms with Gasteiger partial charge in [-0.15, -0.1) is 0 Å². The van der Waals surface area contributed by atoms with Gasteiger partial charge in [0.2, 0.25) is 0 Å². The summed E-state index contributed by atoms with van der Waals surface area (Å²) in [6.07, 6.45) is 2.32. The van der Waals surface area contributed by atoms with Gasteiger partial charge in [-0.25, -0.2) is 0 Å². The van der Waals surface area contributed by atoms with Crippen molar-refractivity contribution >= 4 is 11.6 Å². The van der Waals surface area contributed by atoms with Crippen LogP contribution in [0.2, 0.25) is 0 Å². The van der Waals surface area contributed by atoms with Crippen LogP contribution in [0.1, 0.15) is 28.8 Å². The van der Waals surface area contributed by atoms with Gasteiger partial charge in [0.05, 0.1) is 0 Å². The average molecular weight is 188 g/mol. The Bertz CT molecular complexity index is 410. The number of benzene rings is 1. The second-order valence-corrected chi connectivity index (χ2v) is 4.08. The van der Waals surface area contributed by atoms with Crippen LogP contribution in [0.3, 0.4) is 0 Å². The van der Waals surface area contributed by atoms with Gasteiger partial charge in [-0.1, -0.05) is 6.07 Å². The molecule has 1 aromatic rings. The predicted molar refractivity (Wildman–Crippen MR) is 53.7 cm³/mol. The molecule has 0 radical (unpaired) electrons. The van der Waals surface area contributed by atoms with Crippen molar-refractivity contribution in [3.05, 3.63) is 29.3 Å². The van der Waals surface area contributed by atoms with Gasteiger partial charge in [0.15, 0.2) is 0 Å². The van der Waals surface area contributed by atoms with Crippen LogP contribution < -0.4 is 5.73 Å². The van der Waals surface area contributed by atoms with Crippen LogP contribution in [-0.4, -0.2) is 16.8 Å². The smallest absolute Gasteiger partial charge is 0.254 e. The first kappa shape index (κ1) is 7.85. The minimum absolute atomic E-state index is 0.162. The molecule has 3 rings (SSSR count). The Kier molecular flexibility index (Phi) is 1.40. The first-order valence-corrected chi connectivity index (χ1v) is 4.95. The lowest BCUT2D eigenvalue weighted by Crippen LogP contribution is -2.25. The summed E-state index contributed by atoms with van der Waals surface area (Å²) in [6.45, 7) is 0.777. The van der Waals surface area contributed by atoms with E-state index in [4.69, 9.17) is 5.73 Å². The molecule has 2 N–H and O–H groups in total. The maximum absolute atomic E-state index is 11.9. The summed E-state index contributed by atoms with van der Waals surface area (Å²) >= 11 is 0. The Labute approximate surface area is 82.5 Å². The van der Waals surface area contributed by atoms with E-state index in [0.29, 0.717) is 11.7 Å². The van der Waals surface area contributed by atoms with Crippen molar-refractivity contribution < 1.29 is 4.79 Å². The first-order valence-electron chi connectivity index (χ1n) is 4.95. The molecular weight excluding hydrogens is 176 g/mol. The third kappa shape index (κ3) is 1.02. The molecule has 1 aromatic carbocycles. The molecule has 72 valence electrons. The zero-order chi connectivity index (χ0) is 9.71. The molecule has 0 atom stereocenters. The highest BCUT2D eigenvalue weighted by Crippen LogP contribution is 2.34. The van der Waals surface area contributed by atoms with Gasteiger partial charge in [0.1, 0.15) is 0 Å². The molecule has 1 amide bonds. The molecule has 1 heterocycles. The lowest BCUT2D eigenvalue weighted by atomic mass is 10.1. The topological polar surface area (TPSA) is 46.3 Å². The minimum Gasteiger partial charge on any atom is -0.399 e. The molecule has 14 heavy (non-hydrogen) atoms. The molecule has 2 aliphatic rings. The van der Waals surface area contributed by atoms with E-state index < -0.39 is 0 Å². The Morgan fingerprint density at radius 1 is 1.36 bits per heavy atom. The van der Waals surface area contributed by atoms with Gasteiger partial charge in [-0.3, -0.25) is 4.79 Å². The standard InChI is InChI=1S/C11H12N2O/c12-8-2-1-7-6-13(9-3-4-9)11(14)10(7)5-8/h1-2,5,9H,3-4,6,12H2. The van der Waals surface area contributed by atoms with Crippen LogP contribution in [0.25, 0.3) is 0 Å². The number of fused-ring (bicyclic) bond motifs is 1. The zero-order valence-corrected chi connectivity index (χ0v) is 7.86. The Balaban J connectivity index is 2.01. The van der Waals surface area contributed by atoms with Crippen LogP contribution in [0.5, 0.6) is 0 Å². The van der Waals surface area contributed by atoms with E-state index in [1.807, 2.05) is 17.0 Å². The molecule has 3 heteroatoms. The number of hydrogen-bond acceptors (Lipinski definition) is 2. The fourth-order valence-corrected chi connectivity index (χ4v) is 2.02. The van der Waals surface area contributed by atoms with E-state index in [9.17, 15) is 4.79 Å². The minimum atomic E-state index is 0.162. The summed E-state index contributed by atoms with van der Waals surface area (Å²) in [5.74, 6) is 0.162. The van der Waals surface area contributed by atoms with Crippen LogP contribution >= 0.6 is 0 Å². The molecule has 1 aliphatic heterocycles. The molecule has 1 aliphatic carbocycles. The zero-order valence-electron chi connectivity index (χ0n) is 7.86. The fraction of sp³-hybridized carbons (Fsp3) is 0.364. The third-order valence-electron chi connectivity index (χ3n) is 2.95. The SMILES string of the molecule is Nc1ccc2c(c1)C(=O)N(C1CC1)C2. The lowest BCUT2D eigenvalue weighted by Gasteiger charge is -2.13. The van der Waals surface area contributed by atoms with E-state index in [0.717, 1.165) is 30.5 Å². The van der Waals surface area contributed by atoms with Gasteiger partial charge < -0.3 is 10.6 Å². The summed E-state index contributed by atoms with van der Waals surface area (Å²) in [6, 6.07) is 6.11. The number of nitrogens with two attached hydrogens (primary N) is 1. The number of nitrogen functional groups attached to an aromatic ring is 1. The van der Waals surface area contributed by atoms with E-state index in [1.165, 1.54) is 0 Å². The molecule has 0 saturated heterocycles. The quantitative estimate of drug-likeness (QED) is 0.677. The lowest BCUT2D eigenvalue weighted by molar-refractivity contribution is 0.0766. The molecule has 0 aromatic heterocycles. The molecule has 0 bridgehead atoms. The van der Waals surface area contributed by atoms with Crippen molar-refractivity contribution in [2.75, 3.05) is 5.73 Å². The molecular formula is C11H12N2O. The summed E-state index contributed by atoms with van der Waals surface area (Å²) in [7, 11) is 0. The second kappa shape index (κ2) is 2.50. The summed E-state index contributed by atoms with van der Waals surface area (Å²) in [5.41, 5.74) is 8.26. The monoisotopic (exact) mass is 188 g/mol. The van der Waals surface area contributed by atoms with Crippen molar-refractivity contribution in [2.45, 2.75) is 25.4 Å². The largest absolute Gasteiger partial charge is 0.399 e. The third-order valence-corrected chi connectivity index (χ3v) is 2.95. The number of carbonyl (C=O) groups is 1. The highest BCUT2D eigenvalue weighted by molar-refractivity contribution is 5.99. The highest BCUT2D eigenvalue weighted by Gasteiger charge is 2.37. The van der Waals surface area contributed by atoms with Crippen LogP contribution in [0.15, 0.2) is 18.2 Å². The van der Waals surface area contributed by atoms with Crippen molar-refractivity contribution in [3.8, 4) is 0 Å². The van der Waals surface area contributed by atoms with Crippen LogP contribution in [0, 0.1) is 0 Å². The van der Waals surface area contributed by atoms with Crippen molar-refractivity contribution in [2.24, 2.45) is 0 Å². The maximum Gasteiger partial charge on any atom is 0.254 e. The predicted octanol–water partition coefficient (Wildman–Crippen LogP) is 1.39. The van der Waals surface area contributed by atoms with Crippen molar-refractivity contribution in [1.82, 2.24) is 4.90 Å². The van der Waals surface area contributed by atoms with Crippen LogP contribution in [0.4, 0.5) is 5.69 Å². The molecule has 0 unspecified atom stereocenters. The first-order chi connectivity index (χ1) is 6.75. The maximum atomic E-state index is 11.9. The molecule has 3 nitrogen and oxygen atoms in total. The number of anilines is 1. The van der Waals surface area contributed by atoms with E-state index in [-0.39, 0.29) is 5.91 Å². The van der Waals surface area contributed by atoms with E-state index >= 15 is 0 Å². The summed E-state index contributed by atoms with van der Waals surface area (Å²) in [5, 5.41) is 0. The number of carbonyl (C=O) groups excluding carboxylic acids is 1. The Morgan fingerprint density at radius 2 is 2.14 bits per heavy atom. The summed E-state index contributed by atoms with van der Waals surface area (Å²) in [4.78, 5) is 13.9. The van der Waals surface area contributed by atoms with E-state index in [2.05, 4.69) is 0 Å². The highest BCUT2D eigenvalue weighted by atomic mass is 16.2. The number of hydrogen-bond donors (Lipinski definition) is 1. The normalized spacial score (nSPS) is 20.0. The van der Waals surface area contributed by atoms with Crippen LogP contribution in [-0.2, 0) is 6.54 Å². The fourth-order valence-electron chi connectivity index (χ4n) is 2.02. The van der Waals surface area contributed by atoms with E-state index in [1.54, 1.807) is 6.07 Å². The second-order valence-electron chi connectivity index (χ2n) is 4.08. The van der Waals surface area contributed by atoms with Gasteiger partial charge in [0.25, 0.3) is 5.91 Å². The average Bonchev–Trinajstić information content (AvgIpc) is 2.95. The van der Waals surface area contributed by atoms with Gasteiger partial charge in [-0.2, -0.15) is 0 Å². The molecule has 1 fully saturated rings. The van der Waals surface area contributed by atoms with Crippen molar-refractivity contribution in [3.63, 3.8) is 0 Å². The summed E-state index contributed by atoms with van der Waals surface area (Å²) < 4.78 is 0. The van der Waals surface area contributed by atoms with Gasteiger partial charge >= 0.3 is 0 Å². The van der Waals surface area contributed by atoms with Gasteiger partial charge in [-0.05, 0) is 30.5 Å². The Morgan fingerprint density at radius 3 is 2.86 bits per heavy atom. The molecule has 1 saturated carbocycles. The number of amides is 1. The Hall–Kier alpha value is -1.51.